The summed E-state index contributed by atoms with van der Waals surface area (Å²) in [6.07, 6.45) is 14.1. The Morgan fingerprint density at radius 1 is 1.00 bits per heavy atom. The van der Waals surface area contributed by atoms with Gasteiger partial charge in [-0.3, -0.25) is 0 Å². The maximum atomic E-state index is 9.68. The summed E-state index contributed by atoms with van der Waals surface area (Å²) in [7, 11) is 0. The largest absolute Gasteiger partial charge is 0.393 e. The standard InChI is InChI=1S/C18H37NO2/c1-3-17(20)12-10-8-6-4-5-7-9-11-16-13-14-18(21)15(2)19-16/h15-21H,3-14H2,1-2H3/t15-,16+,17+,18-/m1/s1. The number of rotatable bonds is 11. The molecule has 1 aliphatic rings. The fourth-order valence-electron chi connectivity index (χ4n) is 3.27. The molecule has 0 bridgehead atoms. The molecule has 0 radical (unpaired) electrons. The lowest BCUT2D eigenvalue weighted by molar-refractivity contribution is 0.0849. The zero-order chi connectivity index (χ0) is 15.5. The second-order valence-electron chi connectivity index (χ2n) is 6.91. The van der Waals surface area contributed by atoms with E-state index in [1.807, 2.05) is 6.92 Å². The Morgan fingerprint density at radius 2 is 1.62 bits per heavy atom. The Kier molecular flexibility index (Phi) is 10.3. The first-order valence-electron chi connectivity index (χ1n) is 9.25. The van der Waals surface area contributed by atoms with Gasteiger partial charge in [0.15, 0.2) is 0 Å². The van der Waals surface area contributed by atoms with Gasteiger partial charge in [0.1, 0.15) is 0 Å². The molecule has 0 saturated carbocycles. The molecule has 126 valence electrons. The van der Waals surface area contributed by atoms with Crippen molar-refractivity contribution in [3.8, 4) is 0 Å². The number of unbranched alkanes of at least 4 members (excludes halogenated alkanes) is 6. The van der Waals surface area contributed by atoms with Crippen LogP contribution >= 0.6 is 0 Å². The molecule has 0 unspecified atom stereocenters. The quantitative estimate of drug-likeness (QED) is 0.509. The molecule has 1 aliphatic heterocycles. The van der Waals surface area contributed by atoms with Crippen molar-refractivity contribution in [2.45, 2.75) is 115 Å². The Morgan fingerprint density at radius 3 is 2.24 bits per heavy atom. The van der Waals surface area contributed by atoms with Gasteiger partial charge in [-0.05, 0) is 39.0 Å². The van der Waals surface area contributed by atoms with E-state index in [1.165, 1.54) is 51.4 Å². The van der Waals surface area contributed by atoms with E-state index < -0.39 is 0 Å². The third kappa shape index (κ3) is 8.80. The van der Waals surface area contributed by atoms with Crippen LogP contribution in [0.4, 0.5) is 0 Å². The molecule has 1 heterocycles. The van der Waals surface area contributed by atoms with Crippen LogP contribution < -0.4 is 5.32 Å². The first kappa shape index (κ1) is 18.9. The van der Waals surface area contributed by atoms with Crippen molar-refractivity contribution in [3.05, 3.63) is 0 Å². The minimum atomic E-state index is -0.146. The molecule has 4 atom stereocenters. The van der Waals surface area contributed by atoms with Crippen LogP contribution in [0.15, 0.2) is 0 Å². The highest BCUT2D eigenvalue weighted by Gasteiger charge is 2.24. The number of nitrogens with one attached hydrogen (secondary N) is 1. The first-order valence-corrected chi connectivity index (χ1v) is 9.25. The van der Waals surface area contributed by atoms with Gasteiger partial charge in [-0.1, -0.05) is 51.9 Å². The highest BCUT2D eigenvalue weighted by Crippen LogP contribution is 2.18. The van der Waals surface area contributed by atoms with Gasteiger partial charge in [-0.25, -0.2) is 0 Å². The first-order chi connectivity index (χ1) is 10.1. The van der Waals surface area contributed by atoms with Gasteiger partial charge < -0.3 is 15.5 Å². The van der Waals surface area contributed by atoms with Gasteiger partial charge in [-0.2, -0.15) is 0 Å². The predicted octanol–water partition coefficient (Wildman–Crippen LogP) is 3.77. The normalized spacial score (nSPS) is 27.7. The molecule has 0 amide bonds. The van der Waals surface area contributed by atoms with E-state index in [-0.39, 0.29) is 18.2 Å². The molecule has 3 nitrogen and oxygen atoms in total. The Labute approximate surface area is 131 Å². The molecule has 0 aliphatic carbocycles. The second-order valence-corrected chi connectivity index (χ2v) is 6.91. The van der Waals surface area contributed by atoms with Gasteiger partial charge in [0.05, 0.1) is 12.2 Å². The minimum absolute atomic E-state index is 0.0751. The van der Waals surface area contributed by atoms with Crippen molar-refractivity contribution in [1.82, 2.24) is 5.32 Å². The van der Waals surface area contributed by atoms with Crippen LogP contribution in [0.2, 0.25) is 0 Å². The number of hydrogen-bond acceptors (Lipinski definition) is 3. The Balaban J connectivity index is 1.85. The van der Waals surface area contributed by atoms with Gasteiger partial charge in [0.2, 0.25) is 0 Å². The summed E-state index contributed by atoms with van der Waals surface area (Å²) in [5.74, 6) is 0. The van der Waals surface area contributed by atoms with E-state index in [9.17, 15) is 10.2 Å². The topological polar surface area (TPSA) is 52.5 Å². The second kappa shape index (κ2) is 11.4. The maximum Gasteiger partial charge on any atom is 0.0691 e. The lowest BCUT2D eigenvalue weighted by atomic mass is 9.93. The van der Waals surface area contributed by atoms with Crippen molar-refractivity contribution in [1.29, 1.82) is 0 Å². The molecular weight excluding hydrogens is 262 g/mol. The molecule has 3 heteroatoms. The Hall–Kier alpha value is -0.120. The van der Waals surface area contributed by atoms with Crippen LogP contribution in [0.25, 0.3) is 0 Å². The lowest BCUT2D eigenvalue weighted by Crippen LogP contribution is -2.48. The number of piperidine rings is 1. The van der Waals surface area contributed by atoms with Crippen molar-refractivity contribution in [2.75, 3.05) is 0 Å². The van der Waals surface area contributed by atoms with Crippen LogP contribution in [-0.2, 0) is 0 Å². The van der Waals surface area contributed by atoms with Gasteiger partial charge in [-0.15, -0.1) is 0 Å². The molecule has 21 heavy (non-hydrogen) atoms. The average molecular weight is 299 g/mol. The van der Waals surface area contributed by atoms with E-state index in [2.05, 4.69) is 12.2 Å². The summed E-state index contributed by atoms with van der Waals surface area (Å²) in [6.45, 7) is 4.14. The number of aliphatic hydroxyl groups excluding tert-OH is 2. The third-order valence-corrected chi connectivity index (χ3v) is 4.95. The van der Waals surface area contributed by atoms with Gasteiger partial charge in [0.25, 0.3) is 0 Å². The molecule has 0 aromatic heterocycles. The fraction of sp³-hybridized carbons (Fsp3) is 1.00. The van der Waals surface area contributed by atoms with Crippen molar-refractivity contribution in [3.63, 3.8) is 0 Å². The summed E-state index contributed by atoms with van der Waals surface area (Å²) in [6, 6.07) is 0.890. The summed E-state index contributed by atoms with van der Waals surface area (Å²) in [4.78, 5) is 0. The fourth-order valence-corrected chi connectivity index (χ4v) is 3.27. The maximum absolute atomic E-state index is 9.68. The van der Waals surface area contributed by atoms with Gasteiger partial charge in [0, 0.05) is 12.1 Å². The molecule has 0 aromatic rings. The highest BCUT2D eigenvalue weighted by molar-refractivity contribution is 4.83. The van der Waals surface area contributed by atoms with Crippen molar-refractivity contribution < 1.29 is 10.2 Å². The van der Waals surface area contributed by atoms with E-state index in [0.29, 0.717) is 6.04 Å². The summed E-state index contributed by atoms with van der Waals surface area (Å²) < 4.78 is 0. The molecule has 1 saturated heterocycles. The van der Waals surface area contributed by atoms with E-state index >= 15 is 0 Å². The molecule has 0 aromatic carbocycles. The SMILES string of the molecule is CC[C@H](O)CCCCCCCCC[C@H]1CC[C@@H](O)[C@@H](C)N1. The van der Waals surface area contributed by atoms with Crippen LogP contribution in [-0.4, -0.2) is 34.5 Å². The molecule has 3 N–H and O–H groups in total. The highest BCUT2D eigenvalue weighted by atomic mass is 16.3. The minimum Gasteiger partial charge on any atom is -0.393 e. The summed E-state index contributed by atoms with van der Waals surface area (Å²) in [5, 5.41) is 22.7. The molecule has 1 fully saturated rings. The van der Waals surface area contributed by atoms with Crippen molar-refractivity contribution >= 4 is 0 Å². The van der Waals surface area contributed by atoms with E-state index in [4.69, 9.17) is 0 Å². The predicted molar refractivity (Wildman–Crippen MR) is 89.5 cm³/mol. The van der Waals surface area contributed by atoms with Crippen LogP contribution in [0.5, 0.6) is 0 Å². The summed E-state index contributed by atoms with van der Waals surface area (Å²) in [5.41, 5.74) is 0. The van der Waals surface area contributed by atoms with Crippen LogP contribution in [0, 0.1) is 0 Å². The number of aliphatic hydroxyl groups is 2. The van der Waals surface area contributed by atoms with E-state index in [0.717, 1.165) is 25.7 Å². The van der Waals surface area contributed by atoms with Crippen LogP contribution in [0.1, 0.15) is 90.9 Å². The monoisotopic (exact) mass is 299 g/mol. The van der Waals surface area contributed by atoms with Gasteiger partial charge >= 0.3 is 0 Å². The average Bonchev–Trinajstić information content (AvgIpc) is 2.48. The Bertz CT molecular complexity index is 247. The van der Waals surface area contributed by atoms with Crippen LogP contribution in [0.3, 0.4) is 0 Å². The lowest BCUT2D eigenvalue weighted by Gasteiger charge is -2.32. The van der Waals surface area contributed by atoms with E-state index in [1.54, 1.807) is 0 Å². The molecule has 0 spiro atoms. The zero-order valence-corrected chi connectivity index (χ0v) is 14.2. The smallest absolute Gasteiger partial charge is 0.0691 e. The number of hydrogen-bond donors (Lipinski definition) is 3. The van der Waals surface area contributed by atoms with Crippen molar-refractivity contribution in [2.24, 2.45) is 0 Å². The summed E-state index contributed by atoms with van der Waals surface area (Å²) >= 11 is 0. The third-order valence-electron chi connectivity index (χ3n) is 4.95. The molecule has 1 rings (SSSR count). The molecular formula is C18H37NO2. The zero-order valence-electron chi connectivity index (χ0n) is 14.2.